The first kappa shape index (κ1) is 21.7. The van der Waals surface area contributed by atoms with E-state index in [2.05, 4.69) is 19.2 Å². The van der Waals surface area contributed by atoms with Crippen LogP contribution in [0.2, 0.25) is 0 Å². The molecular formula is C24H31N3O3. The zero-order chi connectivity index (χ0) is 22.1. The number of hydrogen-bond donors (Lipinski definition) is 1. The molecule has 0 spiro atoms. The Kier molecular flexibility index (Phi) is 6.06. The van der Waals surface area contributed by atoms with Crippen LogP contribution in [-0.4, -0.2) is 39.1 Å². The Morgan fingerprint density at radius 1 is 1.20 bits per heavy atom. The molecule has 6 nitrogen and oxygen atoms in total. The first-order chi connectivity index (χ1) is 14.1. The Hall–Kier alpha value is -3.02. The monoisotopic (exact) mass is 409 g/mol. The number of amides is 2. The zero-order valence-corrected chi connectivity index (χ0v) is 18.7. The van der Waals surface area contributed by atoms with Crippen LogP contribution in [0.3, 0.4) is 0 Å². The SMILES string of the molecule is CC(C)CN1C(=O)C(C)(C)COc2cc(NC(=O)c3cccc(N(C)C)c3)ccc21. The van der Waals surface area contributed by atoms with E-state index in [1.807, 2.05) is 63.2 Å². The molecule has 1 aliphatic heterocycles. The lowest BCUT2D eigenvalue weighted by Gasteiger charge is -2.29. The van der Waals surface area contributed by atoms with Gasteiger partial charge in [-0.1, -0.05) is 19.9 Å². The van der Waals surface area contributed by atoms with E-state index in [9.17, 15) is 9.59 Å². The molecule has 6 heteroatoms. The number of carbonyl (C=O) groups is 2. The molecule has 1 heterocycles. The fraction of sp³-hybridized carbons (Fsp3) is 0.417. The predicted molar refractivity (Wildman–Crippen MR) is 122 cm³/mol. The number of hydrogen-bond acceptors (Lipinski definition) is 4. The summed E-state index contributed by atoms with van der Waals surface area (Å²) < 4.78 is 6.00. The van der Waals surface area contributed by atoms with Crippen LogP contribution < -0.4 is 19.9 Å². The van der Waals surface area contributed by atoms with Gasteiger partial charge in [-0.3, -0.25) is 9.59 Å². The third-order valence-electron chi connectivity index (χ3n) is 5.09. The molecule has 0 aromatic heterocycles. The summed E-state index contributed by atoms with van der Waals surface area (Å²) in [6, 6.07) is 12.9. The molecule has 0 radical (unpaired) electrons. The molecular weight excluding hydrogens is 378 g/mol. The summed E-state index contributed by atoms with van der Waals surface area (Å²) in [5.41, 5.74) is 2.29. The topological polar surface area (TPSA) is 61.9 Å². The number of fused-ring (bicyclic) bond motifs is 1. The van der Waals surface area contributed by atoms with Crippen LogP contribution in [0, 0.1) is 11.3 Å². The highest BCUT2D eigenvalue weighted by Gasteiger charge is 2.38. The van der Waals surface area contributed by atoms with Gasteiger partial charge in [0, 0.05) is 43.6 Å². The fourth-order valence-corrected chi connectivity index (χ4v) is 3.40. The molecule has 2 amide bonds. The van der Waals surface area contributed by atoms with Crippen molar-refractivity contribution in [3.8, 4) is 5.75 Å². The van der Waals surface area contributed by atoms with Crippen LogP contribution in [0.25, 0.3) is 0 Å². The standard InChI is InChI=1S/C24H31N3O3/c1-16(2)14-27-20-11-10-18(13-21(20)30-15-24(3,4)23(27)29)25-22(28)17-8-7-9-19(12-17)26(5)6/h7-13,16H,14-15H2,1-6H3,(H,25,28). The molecule has 0 aliphatic carbocycles. The van der Waals surface area contributed by atoms with Crippen LogP contribution >= 0.6 is 0 Å². The number of nitrogens with zero attached hydrogens (tertiary/aromatic N) is 2. The van der Waals surface area contributed by atoms with E-state index < -0.39 is 5.41 Å². The van der Waals surface area contributed by atoms with Crippen LogP contribution in [0.4, 0.5) is 17.1 Å². The summed E-state index contributed by atoms with van der Waals surface area (Å²) in [4.78, 5) is 29.6. The predicted octanol–water partition coefficient (Wildman–Crippen LogP) is 4.41. The summed E-state index contributed by atoms with van der Waals surface area (Å²) in [6.07, 6.45) is 0. The van der Waals surface area contributed by atoms with Crippen molar-refractivity contribution >= 4 is 28.9 Å². The molecule has 30 heavy (non-hydrogen) atoms. The molecule has 160 valence electrons. The molecule has 1 N–H and O–H groups in total. The van der Waals surface area contributed by atoms with E-state index in [1.54, 1.807) is 17.0 Å². The first-order valence-corrected chi connectivity index (χ1v) is 10.3. The smallest absolute Gasteiger partial charge is 0.255 e. The van der Waals surface area contributed by atoms with E-state index in [0.29, 0.717) is 29.5 Å². The first-order valence-electron chi connectivity index (χ1n) is 10.3. The summed E-state index contributed by atoms with van der Waals surface area (Å²) in [5.74, 6) is 0.781. The number of ether oxygens (including phenoxy) is 1. The largest absolute Gasteiger partial charge is 0.490 e. The van der Waals surface area contributed by atoms with Crippen molar-refractivity contribution in [2.45, 2.75) is 27.7 Å². The number of anilines is 3. The normalized spacial score (nSPS) is 15.3. The van der Waals surface area contributed by atoms with Crippen molar-refractivity contribution in [1.82, 2.24) is 0 Å². The average Bonchev–Trinajstić information content (AvgIpc) is 2.78. The Labute approximate surface area is 178 Å². The van der Waals surface area contributed by atoms with Crippen molar-refractivity contribution in [1.29, 1.82) is 0 Å². The minimum absolute atomic E-state index is 0.0484. The van der Waals surface area contributed by atoms with Gasteiger partial charge in [-0.15, -0.1) is 0 Å². The van der Waals surface area contributed by atoms with E-state index in [-0.39, 0.29) is 18.4 Å². The van der Waals surface area contributed by atoms with Gasteiger partial charge in [-0.2, -0.15) is 0 Å². The second kappa shape index (κ2) is 8.38. The molecule has 2 aromatic carbocycles. The maximum absolute atomic E-state index is 13.1. The van der Waals surface area contributed by atoms with Crippen molar-refractivity contribution in [3.63, 3.8) is 0 Å². The average molecular weight is 410 g/mol. The van der Waals surface area contributed by atoms with Gasteiger partial charge in [0.25, 0.3) is 5.91 Å². The molecule has 3 rings (SSSR count). The summed E-state index contributed by atoms with van der Waals surface area (Å²) in [7, 11) is 3.87. The molecule has 0 unspecified atom stereocenters. The fourth-order valence-electron chi connectivity index (χ4n) is 3.40. The molecule has 0 bridgehead atoms. The lowest BCUT2D eigenvalue weighted by atomic mass is 9.92. The van der Waals surface area contributed by atoms with Gasteiger partial charge in [0.15, 0.2) is 0 Å². The van der Waals surface area contributed by atoms with Gasteiger partial charge >= 0.3 is 0 Å². The lowest BCUT2D eigenvalue weighted by molar-refractivity contribution is -0.127. The lowest BCUT2D eigenvalue weighted by Crippen LogP contribution is -2.43. The Bertz CT molecular complexity index is 950. The zero-order valence-electron chi connectivity index (χ0n) is 18.7. The van der Waals surface area contributed by atoms with Gasteiger partial charge in [0.2, 0.25) is 5.91 Å². The van der Waals surface area contributed by atoms with Crippen molar-refractivity contribution in [2.75, 3.05) is 42.4 Å². The van der Waals surface area contributed by atoms with Crippen LogP contribution in [0.1, 0.15) is 38.1 Å². The maximum atomic E-state index is 13.1. The number of nitrogens with one attached hydrogen (secondary N) is 1. The summed E-state index contributed by atoms with van der Waals surface area (Å²) >= 11 is 0. The highest BCUT2D eigenvalue weighted by atomic mass is 16.5. The molecule has 0 saturated heterocycles. The molecule has 1 aliphatic rings. The van der Waals surface area contributed by atoms with Crippen LogP contribution in [0.15, 0.2) is 42.5 Å². The van der Waals surface area contributed by atoms with Crippen LogP contribution in [0.5, 0.6) is 5.75 Å². The number of rotatable bonds is 5. The molecule has 0 saturated carbocycles. The van der Waals surface area contributed by atoms with E-state index in [4.69, 9.17) is 4.74 Å². The highest BCUT2D eigenvalue weighted by molar-refractivity contribution is 6.05. The number of carbonyl (C=O) groups excluding carboxylic acids is 2. The second-order valence-electron chi connectivity index (χ2n) is 9.06. The minimum Gasteiger partial charge on any atom is -0.490 e. The highest BCUT2D eigenvalue weighted by Crippen LogP contribution is 2.38. The van der Waals surface area contributed by atoms with Gasteiger partial charge in [-0.05, 0) is 50.1 Å². The van der Waals surface area contributed by atoms with Gasteiger partial charge in [0.1, 0.15) is 12.4 Å². The van der Waals surface area contributed by atoms with Crippen molar-refractivity contribution in [2.24, 2.45) is 11.3 Å². The molecule has 0 fully saturated rings. The summed E-state index contributed by atoms with van der Waals surface area (Å²) in [6.45, 7) is 8.87. The van der Waals surface area contributed by atoms with Gasteiger partial charge < -0.3 is 19.9 Å². The quantitative estimate of drug-likeness (QED) is 0.794. The van der Waals surface area contributed by atoms with E-state index in [0.717, 1.165) is 11.4 Å². The Morgan fingerprint density at radius 3 is 2.60 bits per heavy atom. The van der Waals surface area contributed by atoms with Crippen LogP contribution in [-0.2, 0) is 4.79 Å². The van der Waals surface area contributed by atoms with Gasteiger partial charge in [0.05, 0.1) is 11.1 Å². The minimum atomic E-state index is -0.621. The van der Waals surface area contributed by atoms with Crippen molar-refractivity contribution in [3.05, 3.63) is 48.0 Å². The Balaban J connectivity index is 1.88. The van der Waals surface area contributed by atoms with E-state index in [1.165, 1.54) is 0 Å². The third-order valence-corrected chi connectivity index (χ3v) is 5.09. The molecule has 0 atom stereocenters. The summed E-state index contributed by atoms with van der Waals surface area (Å²) in [5, 5.41) is 2.94. The second-order valence-corrected chi connectivity index (χ2v) is 9.06. The molecule has 2 aromatic rings. The number of benzene rings is 2. The maximum Gasteiger partial charge on any atom is 0.255 e. The van der Waals surface area contributed by atoms with Gasteiger partial charge in [-0.25, -0.2) is 0 Å². The third kappa shape index (κ3) is 4.58. The Morgan fingerprint density at radius 2 is 1.93 bits per heavy atom. The van der Waals surface area contributed by atoms with E-state index >= 15 is 0 Å². The van der Waals surface area contributed by atoms with Crippen molar-refractivity contribution < 1.29 is 14.3 Å².